The Morgan fingerprint density at radius 3 is 2.00 bits per heavy atom. The van der Waals surface area contributed by atoms with Gasteiger partial charge < -0.3 is 18.8 Å². The maximum absolute atomic E-state index is 17.4. The summed E-state index contributed by atoms with van der Waals surface area (Å²) in [5, 5.41) is 4.93. The highest BCUT2D eigenvalue weighted by Gasteiger charge is 2.51. The van der Waals surface area contributed by atoms with Crippen molar-refractivity contribution in [3.05, 3.63) is 115 Å². The van der Waals surface area contributed by atoms with Gasteiger partial charge in [-0.1, -0.05) is 125 Å². The second kappa shape index (κ2) is 17.8. The standard InChI is InChI=1S/C53H63FN6O4Si/c1-9-35-18-16-19-36-20-17-25-43(45(35)36)47-46(54)48-44(30-55-47)49(59-31-37-26-27-38(32-59)60(37)51(61)64-52(2,3)4)57-50(56-48)62-33-39-28-29-40(58(39)8)34-63-65(53(5,6)7,41-21-12-10-13-22-41)42-23-14-11-15-24-42/h10-25,30,37-40H,9,26-29,31-34H2,1-8H3/t37?,38?,39-,40-/m0/s1. The van der Waals surface area contributed by atoms with Gasteiger partial charge in [-0.25, -0.2) is 9.18 Å². The normalized spacial score (nSPS) is 20.5. The average molecular weight is 895 g/mol. The molecule has 2 bridgehead atoms. The molecule has 2 aromatic heterocycles. The largest absolute Gasteiger partial charge is 0.462 e. The number of rotatable bonds is 11. The zero-order chi connectivity index (χ0) is 45.7. The number of pyridine rings is 1. The number of likely N-dealkylation sites (tertiary alicyclic amines) is 1. The van der Waals surface area contributed by atoms with Crippen LogP contribution in [0.1, 0.15) is 79.7 Å². The first-order valence-electron chi connectivity index (χ1n) is 23.4. The highest BCUT2D eigenvalue weighted by Crippen LogP contribution is 2.41. The number of halogens is 1. The Balaban J connectivity index is 1.02. The van der Waals surface area contributed by atoms with Gasteiger partial charge in [-0.2, -0.15) is 9.97 Å². The van der Waals surface area contributed by atoms with E-state index in [4.69, 9.17) is 28.9 Å². The lowest BCUT2D eigenvalue weighted by Gasteiger charge is -2.44. The van der Waals surface area contributed by atoms with Crippen molar-refractivity contribution >= 4 is 52.3 Å². The molecule has 1 amide bonds. The van der Waals surface area contributed by atoms with E-state index in [2.05, 4.69) is 123 Å². The third-order valence-electron chi connectivity index (χ3n) is 14.0. The van der Waals surface area contributed by atoms with Gasteiger partial charge in [0.05, 0.1) is 24.1 Å². The molecule has 12 heteroatoms. The van der Waals surface area contributed by atoms with Crippen LogP contribution in [0.5, 0.6) is 6.01 Å². The van der Waals surface area contributed by atoms with E-state index < -0.39 is 19.7 Å². The highest BCUT2D eigenvalue weighted by molar-refractivity contribution is 6.99. The number of aryl methyl sites for hydroxylation is 1. The number of hydrogen-bond donors (Lipinski definition) is 0. The molecule has 4 atom stereocenters. The molecule has 0 spiro atoms. The predicted octanol–water partition coefficient (Wildman–Crippen LogP) is 9.55. The SMILES string of the molecule is CCc1cccc2cccc(-c3ncc4c(N5CC6CCC(C5)N6C(=O)OC(C)(C)C)nc(OC[C@@H]5CC[C@@H](CO[Si](c6ccccc6)(c6ccccc6)C(C)(C)C)N5C)nc4c3F)c12. The Kier molecular flexibility index (Phi) is 12.2. The molecule has 0 radical (unpaired) electrons. The molecule has 340 valence electrons. The molecule has 10 nitrogen and oxygen atoms in total. The number of aromatic nitrogens is 3. The number of piperazine rings is 1. The van der Waals surface area contributed by atoms with Crippen molar-refractivity contribution in [1.29, 1.82) is 0 Å². The Labute approximate surface area is 384 Å². The number of fused-ring (bicyclic) bond motifs is 4. The lowest BCUT2D eigenvalue weighted by molar-refractivity contribution is 0.0122. The number of nitrogens with zero attached hydrogens (tertiary/aromatic N) is 6. The van der Waals surface area contributed by atoms with Crippen molar-refractivity contribution in [2.24, 2.45) is 0 Å². The van der Waals surface area contributed by atoms with Crippen LogP contribution in [-0.2, 0) is 15.6 Å². The molecule has 3 fully saturated rings. The predicted molar refractivity (Wildman–Crippen MR) is 260 cm³/mol. The minimum absolute atomic E-state index is 0.0692. The third-order valence-corrected chi connectivity index (χ3v) is 19.0. The monoisotopic (exact) mass is 894 g/mol. The van der Waals surface area contributed by atoms with Crippen molar-refractivity contribution < 1.29 is 23.1 Å². The minimum Gasteiger partial charge on any atom is -0.462 e. The fraction of sp³-hybridized carbons (Fsp3) is 0.434. The molecular formula is C53H63FN6O4Si. The number of carbonyl (C=O) groups is 1. The molecule has 3 aliphatic heterocycles. The summed E-state index contributed by atoms with van der Waals surface area (Å²) in [7, 11) is -0.571. The van der Waals surface area contributed by atoms with Gasteiger partial charge in [-0.05, 0) is 91.7 Å². The van der Waals surface area contributed by atoms with Crippen LogP contribution in [0.25, 0.3) is 32.9 Å². The molecule has 2 unspecified atom stereocenters. The summed E-state index contributed by atoms with van der Waals surface area (Å²) in [4.78, 5) is 34.6. The Morgan fingerprint density at radius 2 is 1.40 bits per heavy atom. The number of carbonyl (C=O) groups excluding carboxylic acids is 1. The van der Waals surface area contributed by atoms with Crippen LogP contribution >= 0.6 is 0 Å². The number of hydrogen-bond acceptors (Lipinski definition) is 9. The first kappa shape index (κ1) is 44.8. The molecule has 5 heterocycles. The van der Waals surface area contributed by atoms with E-state index in [0.29, 0.717) is 37.5 Å². The molecular weight excluding hydrogens is 832 g/mol. The van der Waals surface area contributed by atoms with Crippen molar-refractivity contribution in [2.45, 2.75) is 115 Å². The van der Waals surface area contributed by atoms with Gasteiger partial charge in [0.25, 0.3) is 8.32 Å². The molecule has 0 aliphatic carbocycles. The number of likely N-dealkylation sites (N-methyl/N-ethyl adjacent to an activating group) is 1. The smallest absolute Gasteiger partial charge is 0.410 e. The molecule has 9 rings (SSSR count). The number of ether oxygens (including phenoxy) is 2. The Morgan fingerprint density at radius 1 is 0.785 bits per heavy atom. The molecule has 4 aromatic carbocycles. The summed E-state index contributed by atoms with van der Waals surface area (Å²) < 4.78 is 37.2. The second-order valence-corrected chi connectivity index (χ2v) is 24.5. The maximum Gasteiger partial charge on any atom is 0.410 e. The molecule has 6 aromatic rings. The van der Waals surface area contributed by atoms with Crippen molar-refractivity contribution in [1.82, 2.24) is 24.8 Å². The molecule has 65 heavy (non-hydrogen) atoms. The summed E-state index contributed by atoms with van der Waals surface area (Å²) in [5.41, 5.74) is 1.66. The second-order valence-electron chi connectivity index (χ2n) is 20.2. The Bertz CT molecular complexity index is 2610. The summed E-state index contributed by atoms with van der Waals surface area (Å²) in [6.45, 7) is 16.7. The van der Waals surface area contributed by atoms with E-state index in [9.17, 15) is 4.79 Å². The average Bonchev–Trinajstić information content (AvgIpc) is 3.78. The highest BCUT2D eigenvalue weighted by atomic mass is 28.4. The summed E-state index contributed by atoms with van der Waals surface area (Å²) >= 11 is 0. The van der Waals surface area contributed by atoms with E-state index in [1.54, 1.807) is 6.20 Å². The van der Waals surface area contributed by atoms with Crippen LogP contribution in [0.4, 0.5) is 15.0 Å². The quantitative estimate of drug-likeness (QED) is 0.118. The van der Waals surface area contributed by atoms with Crippen LogP contribution in [0.3, 0.4) is 0 Å². The summed E-state index contributed by atoms with van der Waals surface area (Å²) in [5.74, 6) is 0.0514. The molecule has 0 saturated carbocycles. The van der Waals surface area contributed by atoms with Crippen LogP contribution in [-0.4, -0.2) is 102 Å². The number of benzene rings is 4. The van der Waals surface area contributed by atoms with Gasteiger partial charge >= 0.3 is 12.1 Å². The summed E-state index contributed by atoms with van der Waals surface area (Å²) in [6, 6.07) is 33.9. The van der Waals surface area contributed by atoms with Crippen molar-refractivity contribution in [3.8, 4) is 17.3 Å². The van der Waals surface area contributed by atoms with Crippen molar-refractivity contribution in [2.75, 3.05) is 38.3 Å². The van der Waals surface area contributed by atoms with Gasteiger partial charge in [0, 0.05) is 36.9 Å². The third kappa shape index (κ3) is 8.49. The van der Waals surface area contributed by atoms with E-state index in [1.165, 1.54) is 10.4 Å². The van der Waals surface area contributed by atoms with Crippen LogP contribution in [0.2, 0.25) is 5.04 Å². The van der Waals surface area contributed by atoms with Gasteiger partial charge in [-0.15, -0.1) is 0 Å². The van der Waals surface area contributed by atoms with Crippen LogP contribution < -0.4 is 20.0 Å². The molecule has 3 aliphatic rings. The van der Waals surface area contributed by atoms with Gasteiger partial charge in [0.1, 0.15) is 29.2 Å². The fourth-order valence-electron chi connectivity index (χ4n) is 10.8. The van der Waals surface area contributed by atoms with Gasteiger partial charge in [-0.3, -0.25) is 14.8 Å². The van der Waals surface area contributed by atoms with Gasteiger partial charge in [0.2, 0.25) is 0 Å². The fourth-order valence-corrected chi connectivity index (χ4v) is 15.4. The van der Waals surface area contributed by atoms with Crippen LogP contribution in [0.15, 0.2) is 103 Å². The molecule has 3 saturated heterocycles. The Hall–Kier alpha value is -5.43. The number of anilines is 1. The summed E-state index contributed by atoms with van der Waals surface area (Å²) in [6.07, 6.45) is 5.77. The lowest BCUT2D eigenvalue weighted by atomic mass is 9.95. The first-order valence-corrected chi connectivity index (χ1v) is 25.3. The molecule has 0 N–H and O–H groups in total. The van der Waals surface area contributed by atoms with E-state index in [-0.39, 0.29) is 52.5 Å². The van der Waals surface area contributed by atoms with Crippen molar-refractivity contribution in [3.63, 3.8) is 0 Å². The van der Waals surface area contributed by atoms with Crippen LogP contribution in [0, 0.1) is 5.82 Å². The first-order chi connectivity index (χ1) is 31.2. The zero-order valence-electron chi connectivity index (χ0n) is 39.2. The van der Waals surface area contributed by atoms with E-state index in [1.807, 2.05) is 43.9 Å². The minimum atomic E-state index is -2.72. The zero-order valence-corrected chi connectivity index (χ0v) is 40.2. The van der Waals surface area contributed by atoms with Gasteiger partial charge in [0.15, 0.2) is 5.82 Å². The topological polar surface area (TPSA) is 93.2 Å². The maximum atomic E-state index is 17.4. The van der Waals surface area contributed by atoms with E-state index >= 15 is 4.39 Å². The van der Waals surface area contributed by atoms with E-state index in [0.717, 1.165) is 54.0 Å². The lowest BCUT2D eigenvalue weighted by Crippen LogP contribution is -2.67. The number of amides is 1.